The summed E-state index contributed by atoms with van der Waals surface area (Å²) in [5.74, 6) is 0.760. The van der Waals surface area contributed by atoms with Crippen LogP contribution in [0.3, 0.4) is 0 Å². The molecule has 0 spiro atoms. The number of hydrogen-bond acceptors (Lipinski definition) is 3. The van der Waals surface area contributed by atoms with E-state index in [1.165, 1.54) is 18.4 Å². The normalized spacial score (nSPS) is 13.3. The number of aromatic nitrogens is 3. The molecule has 104 valence electrons. The molecule has 1 unspecified atom stereocenters. The van der Waals surface area contributed by atoms with E-state index in [2.05, 4.69) is 36.2 Å². The van der Waals surface area contributed by atoms with Crippen LogP contribution in [0.25, 0.3) is 5.52 Å². The summed E-state index contributed by atoms with van der Waals surface area (Å²) in [4.78, 5) is 4.22. The Morgan fingerprint density at radius 3 is 2.68 bits per heavy atom. The van der Waals surface area contributed by atoms with Crippen LogP contribution < -0.4 is 5.32 Å². The highest BCUT2D eigenvalue weighted by Crippen LogP contribution is 2.27. The Bertz CT molecular complexity index is 502. The number of rotatable bonds is 7. The molecular formula is C15H24N4. The fourth-order valence-corrected chi connectivity index (χ4v) is 2.64. The quantitative estimate of drug-likeness (QED) is 0.831. The van der Waals surface area contributed by atoms with Crippen LogP contribution in [-0.4, -0.2) is 21.1 Å². The molecule has 1 atom stereocenters. The molecule has 0 saturated heterocycles. The molecular weight excluding hydrogens is 236 g/mol. The molecule has 0 bridgehead atoms. The van der Waals surface area contributed by atoms with Crippen LogP contribution in [0.15, 0.2) is 24.8 Å². The molecule has 0 aliphatic rings. The standard InChI is InChI=1S/C15H24N4/c1-4-12(5-2)9-14(17-6-3)13-10-18-19-8-7-16-11-15(13)19/h7-8,10-12,14,17H,4-6,9H2,1-3H3. The van der Waals surface area contributed by atoms with Crippen molar-refractivity contribution in [1.29, 1.82) is 0 Å². The average Bonchev–Trinajstić information content (AvgIpc) is 2.87. The van der Waals surface area contributed by atoms with Gasteiger partial charge in [0.2, 0.25) is 0 Å². The van der Waals surface area contributed by atoms with Crippen molar-refractivity contribution in [2.24, 2.45) is 5.92 Å². The second-order valence-electron chi connectivity index (χ2n) is 5.03. The zero-order valence-electron chi connectivity index (χ0n) is 12.1. The van der Waals surface area contributed by atoms with Gasteiger partial charge in [0.1, 0.15) is 0 Å². The minimum absolute atomic E-state index is 0.372. The second-order valence-corrected chi connectivity index (χ2v) is 5.03. The minimum Gasteiger partial charge on any atom is -0.310 e. The van der Waals surface area contributed by atoms with Crippen LogP contribution in [0.2, 0.25) is 0 Å². The van der Waals surface area contributed by atoms with Gasteiger partial charge in [-0.2, -0.15) is 5.10 Å². The van der Waals surface area contributed by atoms with Crippen molar-refractivity contribution >= 4 is 5.52 Å². The van der Waals surface area contributed by atoms with Crippen molar-refractivity contribution in [2.45, 2.75) is 46.1 Å². The summed E-state index contributed by atoms with van der Waals surface area (Å²) in [5, 5.41) is 8.01. The van der Waals surface area contributed by atoms with E-state index in [4.69, 9.17) is 0 Å². The topological polar surface area (TPSA) is 42.2 Å². The molecule has 0 aliphatic heterocycles. The van der Waals surface area contributed by atoms with Crippen LogP contribution in [0.5, 0.6) is 0 Å². The highest BCUT2D eigenvalue weighted by atomic mass is 15.2. The summed E-state index contributed by atoms with van der Waals surface area (Å²) in [6, 6.07) is 0.372. The first-order chi connectivity index (χ1) is 9.30. The summed E-state index contributed by atoms with van der Waals surface area (Å²) in [5.41, 5.74) is 2.38. The Morgan fingerprint density at radius 2 is 2.00 bits per heavy atom. The van der Waals surface area contributed by atoms with Crippen LogP contribution >= 0.6 is 0 Å². The van der Waals surface area contributed by atoms with E-state index < -0.39 is 0 Å². The van der Waals surface area contributed by atoms with Crippen molar-refractivity contribution in [1.82, 2.24) is 19.9 Å². The highest BCUT2D eigenvalue weighted by molar-refractivity contribution is 5.53. The lowest BCUT2D eigenvalue weighted by molar-refractivity contribution is 0.377. The van der Waals surface area contributed by atoms with Crippen LogP contribution in [0, 0.1) is 5.92 Å². The Kier molecular flexibility index (Phi) is 4.91. The third-order valence-corrected chi connectivity index (χ3v) is 3.90. The smallest absolute Gasteiger partial charge is 0.0892 e. The van der Waals surface area contributed by atoms with E-state index in [-0.39, 0.29) is 0 Å². The Labute approximate surface area is 115 Å². The predicted molar refractivity (Wildman–Crippen MR) is 78.1 cm³/mol. The van der Waals surface area contributed by atoms with Gasteiger partial charge in [-0.15, -0.1) is 0 Å². The summed E-state index contributed by atoms with van der Waals surface area (Å²) >= 11 is 0. The van der Waals surface area contributed by atoms with Crippen molar-refractivity contribution in [3.8, 4) is 0 Å². The summed E-state index contributed by atoms with van der Waals surface area (Å²) in [6.07, 6.45) is 11.2. The fourth-order valence-electron chi connectivity index (χ4n) is 2.64. The predicted octanol–water partition coefficient (Wildman–Crippen LogP) is 3.21. The van der Waals surface area contributed by atoms with Gasteiger partial charge in [0.25, 0.3) is 0 Å². The Hall–Kier alpha value is -1.42. The lowest BCUT2D eigenvalue weighted by atomic mass is 9.91. The molecule has 0 saturated carbocycles. The molecule has 1 N–H and O–H groups in total. The SMILES string of the molecule is CCNC(CC(CC)CC)c1cnn2ccncc12. The van der Waals surface area contributed by atoms with Crippen molar-refractivity contribution in [3.63, 3.8) is 0 Å². The third-order valence-electron chi connectivity index (χ3n) is 3.90. The molecule has 2 heterocycles. The van der Waals surface area contributed by atoms with Crippen LogP contribution in [0.4, 0.5) is 0 Å². The molecule has 4 nitrogen and oxygen atoms in total. The largest absolute Gasteiger partial charge is 0.310 e. The lowest BCUT2D eigenvalue weighted by Gasteiger charge is -2.22. The van der Waals surface area contributed by atoms with E-state index in [0.29, 0.717) is 6.04 Å². The molecule has 19 heavy (non-hydrogen) atoms. The molecule has 2 aromatic heterocycles. The maximum atomic E-state index is 4.42. The summed E-state index contributed by atoms with van der Waals surface area (Å²) in [6.45, 7) is 7.68. The van der Waals surface area contributed by atoms with Gasteiger partial charge in [0.05, 0.1) is 17.9 Å². The fraction of sp³-hybridized carbons (Fsp3) is 0.600. The first-order valence-corrected chi connectivity index (χ1v) is 7.30. The molecule has 0 fully saturated rings. The van der Waals surface area contributed by atoms with Crippen molar-refractivity contribution < 1.29 is 0 Å². The molecule has 4 heteroatoms. The number of nitrogens with zero attached hydrogens (tertiary/aromatic N) is 3. The van der Waals surface area contributed by atoms with Crippen molar-refractivity contribution in [2.75, 3.05) is 6.54 Å². The number of hydrogen-bond donors (Lipinski definition) is 1. The maximum Gasteiger partial charge on any atom is 0.0892 e. The van der Waals surface area contributed by atoms with E-state index in [0.717, 1.165) is 24.4 Å². The molecule has 0 amide bonds. The Balaban J connectivity index is 2.27. The van der Waals surface area contributed by atoms with Gasteiger partial charge in [-0.05, 0) is 18.9 Å². The van der Waals surface area contributed by atoms with Gasteiger partial charge in [-0.1, -0.05) is 33.6 Å². The second kappa shape index (κ2) is 6.66. The summed E-state index contributed by atoms with van der Waals surface area (Å²) < 4.78 is 1.90. The zero-order valence-corrected chi connectivity index (χ0v) is 12.1. The average molecular weight is 260 g/mol. The van der Waals surface area contributed by atoms with Crippen LogP contribution in [-0.2, 0) is 0 Å². The molecule has 0 aliphatic carbocycles. The van der Waals surface area contributed by atoms with Gasteiger partial charge < -0.3 is 5.32 Å². The van der Waals surface area contributed by atoms with Gasteiger partial charge in [0.15, 0.2) is 0 Å². The lowest BCUT2D eigenvalue weighted by Crippen LogP contribution is -2.23. The van der Waals surface area contributed by atoms with Gasteiger partial charge >= 0.3 is 0 Å². The van der Waals surface area contributed by atoms with E-state index in [9.17, 15) is 0 Å². The van der Waals surface area contributed by atoms with E-state index >= 15 is 0 Å². The first-order valence-electron chi connectivity index (χ1n) is 7.30. The number of fused-ring (bicyclic) bond motifs is 1. The third kappa shape index (κ3) is 3.13. The molecule has 2 aromatic rings. The van der Waals surface area contributed by atoms with Crippen LogP contribution in [0.1, 0.15) is 51.6 Å². The summed E-state index contributed by atoms with van der Waals surface area (Å²) in [7, 11) is 0. The Morgan fingerprint density at radius 1 is 1.21 bits per heavy atom. The molecule has 0 aromatic carbocycles. The monoisotopic (exact) mass is 260 g/mol. The highest BCUT2D eigenvalue weighted by Gasteiger charge is 2.19. The van der Waals surface area contributed by atoms with Crippen molar-refractivity contribution in [3.05, 3.63) is 30.4 Å². The maximum absolute atomic E-state index is 4.42. The van der Waals surface area contributed by atoms with Gasteiger partial charge in [0, 0.05) is 24.0 Å². The number of nitrogens with one attached hydrogen (secondary N) is 1. The molecule has 2 rings (SSSR count). The van der Waals surface area contributed by atoms with Gasteiger partial charge in [-0.3, -0.25) is 4.98 Å². The zero-order chi connectivity index (χ0) is 13.7. The minimum atomic E-state index is 0.372. The van der Waals surface area contributed by atoms with E-state index in [1.54, 1.807) is 6.20 Å². The van der Waals surface area contributed by atoms with E-state index in [1.807, 2.05) is 23.1 Å². The first kappa shape index (κ1) is 14.0. The molecule has 0 radical (unpaired) electrons. The van der Waals surface area contributed by atoms with Gasteiger partial charge in [-0.25, -0.2) is 4.52 Å².